The molecule has 0 aromatic carbocycles. The van der Waals surface area contributed by atoms with E-state index in [9.17, 15) is 0 Å². The number of rotatable bonds is 6. The van der Waals surface area contributed by atoms with E-state index in [1.807, 2.05) is 12.3 Å². The van der Waals surface area contributed by atoms with Crippen LogP contribution in [0.15, 0.2) is 18.5 Å². The zero-order chi connectivity index (χ0) is 12.8. The van der Waals surface area contributed by atoms with Crippen molar-refractivity contribution in [1.82, 2.24) is 15.2 Å². The molecule has 0 radical (unpaired) electrons. The van der Waals surface area contributed by atoms with Gasteiger partial charge in [-0.15, -0.1) is 0 Å². The van der Waals surface area contributed by atoms with Crippen LogP contribution in [-0.4, -0.2) is 35.6 Å². The smallest absolute Gasteiger partial charge is 0.0634 e. The molecule has 1 saturated heterocycles. The first-order valence-corrected chi connectivity index (χ1v) is 7.22. The molecular weight excluding hydrogens is 246 g/mol. The Morgan fingerprint density at radius 1 is 1.56 bits per heavy atom. The zero-order valence-corrected chi connectivity index (χ0v) is 11.8. The zero-order valence-electron chi connectivity index (χ0n) is 11.0. The van der Waals surface area contributed by atoms with Gasteiger partial charge in [0.05, 0.1) is 5.02 Å². The lowest BCUT2D eigenvalue weighted by Gasteiger charge is -2.25. The average Bonchev–Trinajstić information content (AvgIpc) is 2.80. The standard InChI is InChI=1S/C14H22ClN3/c1-2-6-16-9-13-4-3-8-18(13)11-12-5-7-17-10-14(12)15/h5,7,10,13,16H,2-4,6,8-9,11H2,1H3. The van der Waals surface area contributed by atoms with Crippen molar-refractivity contribution in [2.45, 2.75) is 38.8 Å². The molecule has 0 amide bonds. The molecule has 1 aromatic rings. The van der Waals surface area contributed by atoms with Crippen LogP contribution in [0.25, 0.3) is 0 Å². The van der Waals surface area contributed by atoms with E-state index in [1.165, 1.54) is 31.4 Å². The minimum absolute atomic E-state index is 0.654. The SMILES string of the molecule is CCCNCC1CCCN1Cc1ccncc1Cl. The Balaban J connectivity index is 1.89. The molecule has 4 heteroatoms. The fourth-order valence-electron chi connectivity index (χ4n) is 2.53. The highest BCUT2D eigenvalue weighted by Gasteiger charge is 2.24. The quantitative estimate of drug-likeness (QED) is 0.804. The molecule has 1 atom stereocenters. The molecule has 1 fully saturated rings. The third-order valence-electron chi connectivity index (χ3n) is 3.54. The highest BCUT2D eigenvalue weighted by atomic mass is 35.5. The van der Waals surface area contributed by atoms with Gasteiger partial charge in [0.2, 0.25) is 0 Å². The summed E-state index contributed by atoms with van der Waals surface area (Å²) in [5.74, 6) is 0. The summed E-state index contributed by atoms with van der Waals surface area (Å²) in [6.07, 6.45) is 7.34. The summed E-state index contributed by atoms with van der Waals surface area (Å²) in [6, 6.07) is 2.68. The summed E-state index contributed by atoms with van der Waals surface area (Å²) < 4.78 is 0. The summed E-state index contributed by atoms with van der Waals surface area (Å²) in [5, 5.41) is 4.30. The third-order valence-corrected chi connectivity index (χ3v) is 3.88. The molecule has 0 bridgehead atoms. The van der Waals surface area contributed by atoms with Crippen molar-refractivity contribution < 1.29 is 0 Å². The van der Waals surface area contributed by atoms with Gasteiger partial charge in [-0.3, -0.25) is 9.88 Å². The Hall–Kier alpha value is -0.640. The maximum atomic E-state index is 6.17. The number of halogens is 1. The second-order valence-electron chi connectivity index (χ2n) is 4.94. The molecule has 18 heavy (non-hydrogen) atoms. The average molecular weight is 268 g/mol. The molecule has 1 N–H and O–H groups in total. The number of likely N-dealkylation sites (tertiary alicyclic amines) is 1. The van der Waals surface area contributed by atoms with Gasteiger partial charge in [0.25, 0.3) is 0 Å². The minimum atomic E-state index is 0.654. The van der Waals surface area contributed by atoms with Crippen LogP contribution < -0.4 is 5.32 Å². The van der Waals surface area contributed by atoms with E-state index in [2.05, 4.69) is 22.1 Å². The molecule has 0 saturated carbocycles. The van der Waals surface area contributed by atoms with Crippen molar-refractivity contribution in [3.63, 3.8) is 0 Å². The first kappa shape index (κ1) is 13.8. The normalized spacial score (nSPS) is 20.4. The van der Waals surface area contributed by atoms with E-state index < -0.39 is 0 Å². The predicted molar refractivity (Wildman–Crippen MR) is 75.8 cm³/mol. The van der Waals surface area contributed by atoms with Crippen molar-refractivity contribution in [3.8, 4) is 0 Å². The third kappa shape index (κ3) is 3.67. The van der Waals surface area contributed by atoms with Gasteiger partial charge in [0.1, 0.15) is 0 Å². The molecule has 3 nitrogen and oxygen atoms in total. The highest BCUT2D eigenvalue weighted by molar-refractivity contribution is 6.31. The van der Waals surface area contributed by atoms with Gasteiger partial charge >= 0.3 is 0 Å². The summed E-state index contributed by atoms with van der Waals surface area (Å²) in [7, 11) is 0. The lowest BCUT2D eigenvalue weighted by Crippen LogP contribution is -2.37. The van der Waals surface area contributed by atoms with Gasteiger partial charge in [-0.2, -0.15) is 0 Å². The molecule has 1 unspecified atom stereocenters. The summed E-state index contributed by atoms with van der Waals surface area (Å²) in [4.78, 5) is 6.57. The van der Waals surface area contributed by atoms with Crippen LogP contribution in [0, 0.1) is 0 Å². The van der Waals surface area contributed by atoms with E-state index in [1.54, 1.807) is 6.20 Å². The monoisotopic (exact) mass is 267 g/mol. The van der Waals surface area contributed by atoms with E-state index >= 15 is 0 Å². The van der Waals surface area contributed by atoms with Crippen LogP contribution in [0.5, 0.6) is 0 Å². The topological polar surface area (TPSA) is 28.2 Å². The molecule has 0 aliphatic carbocycles. The van der Waals surface area contributed by atoms with Crippen molar-refractivity contribution in [2.75, 3.05) is 19.6 Å². The predicted octanol–water partition coefficient (Wildman–Crippen LogP) is 2.70. The molecule has 2 rings (SSSR count). The molecule has 100 valence electrons. The Bertz CT molecular complexity index is 370. The number of hydrogen-bond donors (Lipinski definition) is 1. The number of hydrogen-bond acceptors (Lipinski definition) is 3. The van der Waals surface area contributed by atoms with E-state index in [-0.39, 0.29) is 0 Å². The van der Waals surface area contributed by atoms with Crippen molar-refractivity contribution >= 4 is 11.6 Å². The lowest BCUT2D eigenvalue weighted by atomic mass is 10.2. The van der Waals surface area contributed by atoms with Crippen molar-refractivity contribution in [2.24, 2.45) is 0 Å². The molecule has 1 aliphatic rings. The second-order valence-corrected chi connectivity index (χ2v) is 5.34. The van der Waals surface area contributed by atoms with Gasteiger partial charge in [-0.25, -0.2) is 0 Å². The molecule has 1 aliphatic heterocycles. The number of aromatic nitrogens is 1. The Labute approximate surface area is 115 Å². The van der Waals surface area contributed by atoms with E-state index in [0.29, 0.717) is 6.04 Å². The first-order chi connectivity index (χ1) is 8.81. The Kier molecular flexibility index (Phi) is 5.42. The van der Waals surface area contributed by atoms with Crippen LogP contribution in [0.2, 0.25) is 5.02 Å². The second kappa shape index (κ2) is 7.07. The maximum absolute atomic E-state index is 6.17. The van der Waals surface area contributed by atoms with Crippen LogP contribution >= 0.6 is 11.6 Å². The fraction of sp³-hybridized carbons (Fsp3) is 0.643. The van der Waals surface area contributed by atoms with E-state index in [0.717, 1.165) is 24.7 Å². The van der Waals surface area contributed by atoms with Crippen LogP contribution in [-0.2, 0) is 6.54 Å². The first-order valence-electron chi connectivity index (χ1n) is 6.84. The van der Waals surface area contributed by atoms with Gasteiger partial charge in [-0.05, 0) is 44.0 Å². The molecule has 1 aromatic heterocycles. The Morgan fingerprint density at radius 3 is 3.22 bits per heavy atom. The summed E-state index contributed by atoms with van der Waals surface area (Å²) in [5.41, 5.74) is 1.19. The molecule has 2 heterocycles. The fourth-order valence-corrected chi connectivity index (χ4v) is 2.71. The van der Waals surface area contributed by atoms with Crippen LogP contribution in [0.4, 0.5) is 0 Å². The van der Waals surface area contributed by atoms with Crippen LogP contribution in [0.1, 0.15) is 31.7 Å². The minimum Gasteiger partial charge on any atom is -0.315 e. The van der Waals surface area contributed by atoms with Gasteiger partial charge in [0.15, 0.2) is 0 Å². The Morgan fingerprint density at radius 2 is 2.44 bits per heavy atom. The highest BCUT2D eigenvalue weighted by Crippen LogP contribution is 2.22. The lowest BCUT2D eigenvalue weighted by molar-refractivity contribution is 0.239. The maximum Gasteiger partial charge on any atom is 0.0634 e. The largest absolute Gasteiger partial charge is 0.315 e. The van der Waals surface area contributed by atoms with Gasteiger partial charge in [0, 0.05) is 31.5 Å². The molecular formula is C14H22ClN3. The molecule has 0 spiro atoms. The van der Waals surface area contributed by atoms with Crippen molar-refractivity contribution in [1.29, 1.82) is 0 Å². The summed E-state index contributed by atoms with van der Waals surface area (Å²) >= 11 is 6.17. The number of nitrogens with one attached hydrogen (secondary N) is 1. The van der Waals surface area contributed by atoms with Gasteiger partial charge in [-0.1, -0.05) is 18.5 Å². The number of pyridine rings is 1. The number of nitrogens with zero attached hydrogens (tertiary/aromatic N) is 2. The summed E-state index contributed by atoms with van der Waals surface area (Å²) in [6.45, 7) is 6.53. The van der Waals surface area contributed by atoms with Gasteiger partial charge < -0.3 is 5.32 Å². The van der Waals surface area contributed by atoms with Crippen molar-refractivity contribution in [3.05, 3.63) is 29.0 Å². The van der Waals surface area contributed by atoms with Crippen LogP contribution in [0.3, 0.4) is 0 Å². The van der Waals surface area contributed by atoms with E-state index in [4.69, 9.17) is 11.6 Å².